The van der Waals surface area contributed by atoms with Crippen LogP contribution in [0.3, 0.4) is 0 Å². The van der Waals surface area contributed by atoms with Crippen molar-refractivity contribution in [1.82, 2.24) is 10.6 Å². The van der Waals surface area contributed by atoms with E-state index in [1.807, 2.05) is 30.3 Å². The zero-order chi connectivity index (χ0) is 16.2. The highest BCUT2D eigenvalue weighted by molar-refractivity contribution is 5.93. The molecule has 1 aromatic carbocycles. The minimum atomic E-state index is -0.204. The smallest absolute Gasteiger partial charge is 0.246 e. The first-order chi connectivity index (χ1) is 10.6. The summed E-state index contributed by atoms with van der Waals surface area (Å²) in [7, 11) is 0. The van der Waals surface area contributed by atoms with Gasteiger partial charge in [-0.1, -0.05) is 36.4 Å². The van der Waals surface area contributed by atoms with Crippen molar-refractivity contribution >= 4 is 17.9 Å². The standard InChI is InChI=1S/C17H22N2O3/c1-14(10-13-20)17(22)19-12-5-11-18-16(21)9-8-15-6-3-2-4-7-15/h2-4,6-10,20H,5,11-13H2,1H3,(H,18,21)(H,19,22)/b9-8+,14-10+. The lowest BCUT2D eigenvalue weighted by Gasteiger charge is -2.05. The molecule has 0 saturated carbocycles. The molecule has 0 unspecified atom stereocenters. The number of nitrogens with one attached hydrogen (secondary N) is 2. The number of hydrogen-bond acceptors (Lipinski definition) is 3. The number of hydrogen-bond donors (Lipinski definition) is 3. The van der Waals surface area contributed by atoms with Gasteiger partial charge in [0.1, 0.15) is 0 Å². The molecule has 0 aliphatic carbocycles. The summed E-state index contributed by atoms with van der Waals surface area (Å²) in [6.45, 7) is 2.45. The molecule has 0 heterocycles. The van der Waals surface area contributed by atoms with Gasteiger partial charge in [0.05, 0.1) is 6.61 Å². The molecule has 0 bridgehead atoms. The molecular weight excluding hydrogens is 280 g/mol. The number of aliphatic hydroxyl groups excluding tert-OH is 1. The van der Waals surface area contributed by atoms with E-state index in [2.05, 4.69) is 10.6 Å². The molecular formula is C17H22N2O3. The summed E-state index contributed by atoms with van der Waals surface area (Å²) < 4.78 is 0. The molecule has 1 rings (SSSR count). The molecule has 2 amide bonds. The zero-order valence-electron chi connectivity index (χ0n) is 12.7. The maximum atomic E-state index is 11.6. The Balaban J connectivity index is 2.17. The van der Waals surface area contributed by atoms with Crippen molar-refractivity contribution in [2.24, 2.45) is 0 Å². The van der Waals surface area contributed by atoms with Gasteiger partial charge in [0.25, 0.3) is 0 Å². The Morgan fingerprint density at radius 3 is 2.50 bits per heavy atom. The fourth-order valence-corrected chi connectivity index (χ4v) is 1.67. The SMILES string of the molecule is C/C(=C\CO)C(=O)NCCCNC(=O)/C=C/c1ccccc1. The minimum Gasteiger partial charge on any atom is -0.392 e. The monoisotopic (exact) mass is 302 g/mol. The van der Waals surface area contributed by atoms with Gasteiger partial charge in [-0.25, -0.2) is 0 Å². The van der Waals surface area contributed by atoms with Crippen molar-refractivity contribution in [3.8, 4) is 0 Å². The fraction of sp³-hybridized carbons (Fsp3) is 0.294. The summed E-state index contributed by atoms with van der Waals surface area (Å²) in [5.41, 5.74) is 1.45. The van der Waals surface area contributed by atoms with Crippen molar-refractivity contribution in [2.75, 3.05) is 19.7 Å². The molecule has 0 aliphatic heterocycles. The van der Waals surface area contributed by atoms with E-state index in [1.54, 1.807) is 13.0 Å². The van der Waals surface area contributed by atoms with E-state index in [9.17, 15) is 9.59 Å². The van der Waals surface area contributed by atoms with E-state index in [-0.39, 0.29) is 18.4 Å². The van der Waals surface area contributed by atoms with Crippen LogP contribution in [0.15, 0.2) is 48.1 Å². The lowest BCUT2D eigenvalue weighted by atomic mass is 10.2. The molecule has 22 heavy (non-hydrogen) atoms. The third kappa shape index (κ3) is 7.40. The number of carbonyl (C=O) groups excluding carboxylic acids is 2. The quantitative estimate of drug-likeness (QED) is 0.500. The normalized spacial score (nSPS) is 11.5. The first-order valence-corrected chi connectivity index (χ1v) is 7.20. The minimum absolute atomic E-state index is 0.150. The number of aliphatic hydroxyl groups is 1. The molecule has 0 atom stereocenters. The maximum Gasteiger partial charge on any atom is 0.246 e. The largest absolute Gasteiger partial charge is 0.392 e. The molecule has 0 radical (unpaired) electrons. The highest BCUT2D eigenvalue weighted by Crippen LogP contribution is 2.00. The molecule has 1 aromatic rings. The summed E-state index contributed by atoms with van der Waals surface area (Å²) >= 11 is 0. The summed E-state index contributed by atoms with van der Waals surface area (Å²) in [6.07, 6.45) is 5.33. The van der Waals surface area contributed by atoms with Gasteiger partial charge in [-0.05, 0) is 25.0 Å². The van der Waals surface area contributed by atoms with Crippen LogP contribution in [-0.4, -0.2) is 36.6 Å². The van der Waals surface area contributed by atoms with Crippen LogP contribution >= 0.6 is 0 Å². The van der Waals surface area contributed by atoms with Crippen LogP contribution in [0.2, 0.25) is 0 Å². The van der Waals surface area contributed by atoms with Crippen molar-refractivity contribution < 1.29 is 14.7 Å². The molecule has 0 spiro atoms. The fourth-order valence-electron chi connectivity index (χ4n) is 1.67. The van der Waals surface area contributed by atoms with E-state index in [1.165, 1.54) is 12.2 Å². The number of rotatable bonds is 8. The van der Waals surface area contributed by atoms with Crippen LogP contribution in [-0.2, 0) is 9.59 Å². The Morgan fingerprint density at radius 1 is 1.14 bits per heavy atom. The highest BCUT2D eigenvalue weighted by Gasteiger charge is 2.02. The van der Waals surface area contributed by atoms with E-state index in [0.29, 0.717) is 25.1 Å². The van der Waals surface area contributed by atoms with Crippen molar-refractivity contribution in [2.45, 2.75) is 13.3 Å². The first kappa shape index (κ1) is 17.7. The Bertz CT molecular complexity index is 536. The average Bonchev–Trinajstić information content (AvgIpc) is 2.53. The van der Waals surface area contributed by atoms with Gasteiger partial charge >= 0.3 is 0 Å². The Labute approximate surface area is 130 Å². The first-order valence-electron chi connectivity index (χ1n) is 7.20. The van der Waals surface area contributed by atoms with Crippen molar-refractivity contribution in [3.05, 3.63) is 53.6 Å². The second-order valence-corrected chi connectivity index (χ2v) is 4.71. The van der Waals surface area contributed by atoms with Crippen LogP contribution in [0, 0.1) is 0 Å². The van der Waals surface area contributed by atoms with E-state index in [4.69, 9.17) is 5.11 Å². The topological polar surface area (TPSA) is 78.4 Å². The Morgan fingerprint density at radius 2 is 1.82 bits per heavy atom. The third-order valence-corrected chi connectivity index (χ3v) is 2.92. The van der Waals surface area contributed by atoms with Crippen LogP contribution in [0.25, 0.3) is 6.08 Å². The van der Waals surface area contributed by atoms with Gasteiger partial charge in [0.2, 0.25) is 11.8 Å². The number of benzene rings is 1. The van der Waals surface area contributed by atoms with Gasteiger partial charge in [-0.15, -0.1) is 0 Å². The summed E-state index contributed by atoms with van der Waals surface area (Å²) in [4.78, 5) is 23.1. The second-order valence-electron chi connectivity index (χ2n) is 4.71. The van der Waals surface area contributed by atoms with Crippen LogP contribution in [0.4, 0.5) is 0 Å². The van der Waals surface area contributed by atoms with Gasteiger partial charge < -0.3 is 15.7 Å². The van der Waals surface area contributed by atoms with Gasteiger partial charge in [-0.3, -0.25) is 9.59 Å². The second kappa shape index (κ2) is 10.3. The number of carbonyl (C=O) groups is 2. The molecule has 118 valence electrons. The third-order valence-electron chi connectivity index (χ3n) is 2.92. The molecule has 3 N–H and O–H groups in total. The highest BCUT2D eigenvalue weighted by atomic mass is 16.2. The van der Waals surface area contributed by atoms with Crippen LogP contribution < -0.4 is 10.6 Å². The molecule has 0 aromatic heterocycles. The van der Waals surface area contributed by atoms with Gasteiger partial charge in [0.15, 0.2) is 0 Å². The summed E-state index contributed by atoms with van der Waals surface area (Å²) in [5, 5.41) is 14.1. The molecule has 0 saturated heterocycles. The van der Waals surface area contributed by atoms with Crippen LogP contribution in [0.1, 0.15) is 18.9 Å². The maximum absolute atomic E-state index is 11.6. The summed E-state index contributed by atoms with van der Waals surface area (Å²) in [5.74, 6) is -0.365. The van der Waals surface area contributed by atoms with Gasteiger partial charge in [0, 0.05) is 24.7 Å². The van der Waals surface area contributed by atoms with Crippen LogP contribution in [0.5, 0.6) is 0 Å². The lowest BCUT2D eigenvalue weighted by Crippen LogP contribution is -2.29. The van der Waals surface area contributed by atoms with Gasteiger partial charge in [-0.2, -0.15) is 0 Å². The van der Waals surface area contributed by atoms with E-state index in [0.717, 1.165) is 5.56 Å². The van der Waals surface area contributed by atoms with Crippen molar-refractivity contribution in [1.29, 1.82) is 0 Å². The van der Waals surface area contributed by atoms with E-state index >= 15 is 0 Å². The average molecular weight is 302 g/mol. The molecule has 5 nitrogen and oxygen atoms in total. The molecule has 0 fully saturated rings. The number of amides is 2. The molecule has 5 heteroatoms. The lowest BCUT2D eigenvalue weighted by molar-refractivity contribution is -0.117. The Hall–Kier alpha value is -2.40. The summed E-state index contributed by atoms with van der Waals surface area (Å²) in [6, 6.07) is 9.58. The predicted octanol–water partition coefficient (Wildman–Crippen LogP) is 1.26. The zero-order valence-corrected chi connectivity index (χ0v) is 12.7. The molecule has 0 aliphatic rings. The Kier molecular flexibility index (Phi) is 8.30. The predicted molar refractivity (Wildman–Crippen MR) is 87.0 cm³/mol. The van der Waals surface area contributed by atoms with E-state index < -0.39 is 0 Å². The van der Waals surface area contributed by atoms with Crippen molar-refractivity contribution in [3.63, 3.8) is 0 Å².